The molecule has 0 amide bonds. The minimum atomic E-state index is -4.17. The molecule has 0 saturated heterocycles. The average molecular weight is 529 g/mol. The highest BCUT2D eigenvalue weighted by molar-refractivity contribution is 7.92. The number of rotatable bonds is 5. The van der Waals surface area contributed by atoms with Crippen molar-refractivity contribution in [1.82, 2.24) is 15.2 Å². The van der Waals surface area contributed by atoms with Crippen molar-refractivity contribution in [2.24, 2.45) is 0 Å². The predicted molar refractivity (Wildman–Crippen MR) is 131 cm³/mol. The van der Waals surface area contributed by atoms with Crippen LogP contribution < -0.4 is 9.46 Å². The molecule has 36 heavy (non-hydrogen) atoms. The molecule has 2 N–H and O–H groups in total. The van der Waals surface area contributed by atoms with Crippen LogP contribution in [0.1, 0.15) is 36.8 Å². The molecule has 1 aliphatic carbocycles. The summed E-state index contributed by atoms with van der Waals surface area (Å²) >= 11 is 5.86. The average Bonchev–Trinajstić information content (AvgIpc) is 3.51. The molecule has 0 atom stereocenters. The number of H-pyrrole nitrogens is 1. The van der Waals surface area contributed by atoms with Crippen molar-refractivity contribution in [1.29, 1.82) is 0 Å². The topological polar surface area (TPSA) is 97.0 Å². The highest BCUT2D eigenvalue weighted by Gasteiger charge is 2.21. The number of halogens is 3. The highest BCUT2D eigenvalue weighted by Crippen LogP contribution is 2.28. The van der Waals surface area contributed by atoms with E-state index in [1.165, 1.54) is 30.5 Å². The number of ether oxygens (including phenoxy) is 1. The van der Waals surface area contributed by atoms with Crippen molar-refractivity contribution in [3.05, 3.63) is 76.4 Å². The third-order valence-corrected chi connectivity index (χ3v) is 7.33. The Bertz CT molecular complexity index is 1620. The lowest BCUT2D eigenvalue weighted by atomic mass is 10.1. The molecule has 0 bridgehead atoms. The van der Waals surface area contributed by atoms with E-state index < -0.39 is 32.9 Å². The van der Waals surface area contributed by atoms with Gasteiger partial charge in [0.1, 0.15) is 11.9 Å². The SMILES string of the molecule is O=S(=O)(Nc1ccc(F)c(C#Cc2cnc3[nH]nc(OC4CCCC4)c3c2)c1F)c1cccc(Cl)c1. The van der Waals surface area contributed by atoms with Gasteiger partial charge in [0.05, 0.1) is 21.5 Å². The second kappa shape index (κ2) is 9.76. The molecule has 1 aliphatic rings. The van der Waals surface area contributed by atoms with E-state index in [0.717, 1.165) is 37.8 Å². The van der Waals surface area contributed by atoms with Gasteiger partial charge in [0.25, 0.3) is 10.0 Å². The summed E-state index contributed by atoms with van der Waals surface area (Å²) in [5, 5.41) is 7.78. The van der Waals surface area contributed by atoms with E-state index >= 15 is 4.39 Å². The molecule has 2 heterocycles. The second-order valence-electron chi connectivity index (χ2n) is 8.27. The molecule has 7 nitrogen and oxygen atoms in total. The van der Waals surface area contributed by atoms with Crippen molar-refractivity contribution in [2.45, 2.75) is 36.7 Å². The zero-order valence-electron chi connectivity index (χ0n) is 18.7. The Balaban J connectivity index is 1.44. The third-order valence-electron chi connectivity index (χ3n) is 5.74. The van der Waals surface area contributed by atoms with Gasteiger partial charge >= 0.3 is 0 Å². The van der Waals surface area contributed by atoms with Crippen molar-refractivity contribution < 1.29 is 21.9 Å². The third kappa shape index (κ3) is 4.98. The van der Waals surface area contributed by atoms with Crippen molar-refractivity contribution in [2.75, 3.05) is 4.72 Å². The van der Waals surface area contributed by atoms with E-state index in [4.69, 9.17) is 16.3 Å². The maximum absolute atomic E-state index is 15.1. The largest absolute Gasteiger partial charge is 0.473 e. The summed E-state index contributed by atoms with van der Waals surface area (Å²) in [6, 6.07) is 9.08. The number of hydrogen-bond donors (Lipinski definition) is 2. The van der Waals surface area contributed by atoms with Crippen molar-refractivity contribution in [3.63, 3.8) is 0 Å². The van der Waals surface area contributed by atoms with Crippen LogP contribution in [-0.4, -0.2) is 29.7 Å². The number of hydrogen-bond acceptors (Lipinski definition) is 5. The van der Waals surface area contributed by atoms with Gasteiger partial charge in [0, 0.05) is 16.8 Å². The molecule has 184 valence electrons. The van der Waals surface area contributed by atoms with Gasteiger partial charge in [-0.1, -0.05) is 29.5 Å². The molecule has 0 spiro atoms. The van der Waals surface area contributed by atoms with E-state index in [2.05, 4.69) is 31.7 Å². The van der Waals surface area contributed by atoms with Crippen LogP contribution in [0.15, 0.2) is 53.6 Å². The van der Waals surface area contributed by atoms with Crippen molar-refractivity contribution >= 4 is 38.3 Å². The minimum Gasteiger partial charge on any atom is -0.473 e. The lowest BCUT2D eigenvalue weighted by molar-refractivity contribution is 0.203. The molecular formula is C25H19ClF2N4O3S. The quantitative estimate of drug-likeness (QED) is 0.337. The van der Waals surface area contributed by atoms with Gasteiger partial charge in [0.15, 0.2) is 11.5 Å². The molecule has 4 aromatic rings. The number of aromatic nitrogens is 3. The van der Waals surface area contributed by atoms with Crippen LogP contribution in [0, 0.1) is 23.5 Å². The fraction of sp³-hybridized carbons (Fsp3) is 0.200. The summed E-state index contributed by atoms with van der Waals surface area (Å²) in [5.41, 5.74) is -0.153. The molecule has 1 fully saturated rings. The maximum atomic E-state index is 15.1. The zero-order valence-corrected chi connectivity index (χ0v) is 20.3. The van der Waals surface area contributed by atoms with Crippen LogP contribution in [0.4, 0.5) is 14.5 Å². The van der Waals surface area contributed by atoms with Gasteiger partial charge in [-0.15, -0.1) is 5.10 Å². The number of sulfonamides is 1. The summed E-state index contributed by atoms with van der Waals surface area (Å²) in [5.74, 6) is 3.47. The summed E-state index contributed by atoms with van der Waals surface area (Å²) in [6.07, 6.45) is 5.65. The van der Waals surface area contributed by atoms with Crippen LogP contribution >= 0.6 is 11.6 Å². The van der Waals surface area contributed by atoms with Gasteiger partial charge in [0.2, 0.25) is 5.88 Å². The second-order valence-corrected chi connectivity index (χ2v) is 10.4. The molecule has 11 heteroatoms. The van der Waals surface area contributed by atoms with E-state index in [9.17, 15) is 12.8 Å². The Labute approximate surface area is 210 Å². The lowest BCUT2D eigenvalue weighted by Gasteiger charge is -2.10. The standard InChI is InChI=1S/C25H19ClF2N4O3S/c26-16-4-3-7-18(13-16)36(33,34)32-22-11-10-21(27)19(23(22)28)9-8-15-12-20-24(29-14-15)30-31-25(20)35-17-5-1-2-6-17/h3-4,7,10-14,17,32H,1-2,5-6H2,(H,29,30,31). The number of fused-ring (bicyclic) bond motifs is 1. The summed E-state index contributed by atoms with van der Waals surface area (Å²) < 4.78 is 62.9. The molecular weight excluding hydrogens is 510 g/mol. The molecule has 1 saturated carbocycles. The summed E-state index contributed by atoms with van der Waals surface area (Å²) in [6.45, 7) is 0. The Morgan fingerprint density at radius 3 is 2.69 bits per heavy atom. The molecule has 0 radical (unpaired) electrons. The Morgan fingerprint density at radius 2 is 1.92 bits per heavy atom. The maximum Gasteiger partial charge on any atom is 0.262 e. The van der Waals surface area contributed by atoms with Gasteiger partial charge in [-0.2, -0.15) is 0 Å². The number of nitrogens with one attached hydrogen (secondary N) is 2. The molecule has 2 aromatic heterocycles. The van der Waals surface area contributed by atoms with Crippen LogP contribution in [0.25, 0.3) is 11.0 Å². The number of nitrogens with zero attached hydrogens (tertiary/aromatic N) is 2. The van der Waals surface area contributed by atoms with Gasteiger partial charge in [-0.05, 0) is 62.1 Å². The van der Waals surface area contributed by atoms with E-state index in [0.29, 0.717) is 22.5 Å². The normalized spacial score (nSPS) is 14.0. The Hall–Kier alpha value is -3.68. The predicted octanol–water partition coefficient (Wildman–Crippen LogP) is 5.41. The van der Waals surface area contributed by atoms with Crippen LogP contribution in [0.2, 0.25) is 5.02 Å². The number of benzene rings is 2. The molecule has 0 unspecified atom stereocenters. The zero-order chi connectivity index (χ0) is 25.3. The van der Waals surface area contributed by atoms with E-state index in [-0.39, 0.29) is 16.0 Å². The first-order valence-corrected chi connectivity index (χ1v) is 13.0. The van der Waals surface area contributed by atoms with Gasteiger partial charge in [-0.3, -0.25) is 9.82 Å². The first-order valence-electron chi connectivity index (χ1n) is 11.1. The minimum absolute atomic E-state index is 0.0906. The first-order chi connectivity index (χ1) is 17.3. The fourth-order valence-corrected chi connectivity index (χ4v) is 5.28. The fourth-order valence-electron chi connectivity index (χ4n) is 3.92. The number of anilines is 1. The number of pyridine rings is 1. The highest BCUT2D eigenvalue weighted by atomic mass is 35.5. The monoisotopic (exact) mass is 528 g/mol. The smallest absolute Gasteiger partial charge is 0.262 e. The van der Waals surface area contributed by atoms with Gasteiger partial charge in [-0.25, -0.2) is 22.2 Å². The Morgan fingerprint density at radius 1 is 1.11 bits per heavy atom. The summed E-state index contributed by atoms with van der Waals surface area (Å²) in [4.78, 5) is 4.08. The number of aromatic amines is 1. The molecule has 0 aliphatic heterocycles. The molecule has 5 rings (SSSR count). The van der Waals surface area contributed by atoms with Crippen molar-refractivity contribution in [3.8, 4) is 17.7 Å². The van der Waals surface area contributed by atoms with Crippen LogP contribution in [0.5, 0.6) is 5.88 Å². The van der Waals surface area contributed by atoms with E-state index in [1.807, 2.05) is 0 Å². The summed E-state index contributed by atoms with van der Waals surface area (Å²) in [7, 11) is -4.17. The van der Waals surface area contributed by atoms with Crippen LogP contribution in [0.3, 0.4) is 0 Å². The van der Waals surface area contributed by atoms with Crippen LogP contribution in [-0.2, 0) is 10.0 Å². The molecule has 2 aromatic carbocycles. The van der Waals surface area contributed by atoms with E-state index in [1.54, 1.807) is 6.07 Å². The lowest BCUT2D eigenvalue weighted by Crippen LogP contribution is -2.14. The first kappa shape index (κ1) is 24.0. The van der Waals surface area contributed by atoms with Gasteiger partial charge < -0.3 is 4.74 Å². The Kier molecular flexibility index (Phi) is 6.51.